The Bertz CT molecular complexity index is 847. The van der Waals surface area contributed by atoms with Gasteiger partial charge in [-0.15, -0.1) is 0 Å². The number of amides is 1. The zero-order valence-corrected chi connectivity index (χ0v) is 16.2. The lowest BCUT2D eigenvalue weighted by atomic mass is 9.86. The maximum absolute atomic E-state index is 13.1. The van der Waals surface area contributed by atoms with Gasteiger partial charge in [0.1, 0.15) is 5.82 Å². The minimum Gasteiger partial charge on any atom is -0.466 e. The number of hydrogen-bond acceptors (Lipinski definition) is 4. The predicted octanol–water partition coefficient (Wildman–Crippen LogP) is 3.85. The SMILES string of the molecule is Nc1cc(Cl)cnc1OCC(=O)N1C2CCC1CC(Cc1ccc(F)cc1)C2. The molecule has 1 amide bonds. The van der Waals surface area contributed by atoms with Gasteiger partial charge in [0.05, 0.1) is 10.7 Å². The van der Waals surface area contributed by atoms with Gasteiger partial charge >= 0.3 is 0 Å². The molecule has 2 aromatic rings. The molecule has 2 aliphatic heterocycles. The zero-order valence-electron chi connectivity index (χ0n) is 15.5. The van der Waals surface area contributed by atoms with Gasteiger partial charge in [0.15, 0.2) is 6.61 Å². The summed E-state index contributed by atoms with van der Waals surface area (Å²) in [5.41, 5.74) is 7.31. The molecule has 28 heavy (non-hydrogen) atoms. The maximum Gasteiger partial charge on any atom is 0.261 e. The van der Waals surface area contributed by atoms with E-state index in [4.69, 9.17) is 22.1 Å². The lowest BCUT2D eigenvalue weighted by Crippen LogP contribution is -2.48. The summed E-state index contributed by atoms with van der Waals surface area (Å²) in [5.74, 6) is 0.515. The number of carbonyl (C=O) groups excluding carboxylic acids is 1. The monoisotopic (exact) mass is 403 g/mol. The van der Waals surface area contributed by atoms with Gasteiger partial charge < -0.3 is 15.4 Å². The van der Waals surface area contributed by atoms with Gasteiger partial charge in [-0.05, 0) is 61.8 Å². The highest BCUT2D eigenvalue weighted by Crippen LogP contribution is 2.40. The number of halogens is 2. The third kappa shape index (κ3) is 4.07. The van der Waals surface area contributed by atoms with Gasteiger partial charge in [0, 0.05) is 18.3 Å². The average molecular weight is 404 g/mol. The average Bonchev–Trinajstić information content (AvgIpc) is 2.93. The van der Waals surface area contributed by atoms with Crippen LogP contribution in [-0.4, -0.2) is 34.5 Å². The van der Waals surface area contributed by atoms with Gasteiger partial charge in [-0.2, -0.15) is 0 Å². The van der Waals surface area contributed by atoms with Crippen molar-refractivity contribution in [3.05, 3.63) is 52.9 Å². The number of nitrogens with two attached hydrogens (primary N) is 1. The molecule has 2 saturated heterocycles. The molecule has 2 unspecified atom stereocenters. The number of anilines is 1. The smallest absolute Gasteiger partial charge is 0.261 e. The van der Waals surface area contributed by atoms with Crippen LogP contribution in [0.1, 0.15) is 31.2 Å². The van der Waals surface area contributed by atoms with Crippen LogP contribution in [0, 0.1) is 11.7 Å². The molecule has 2 aliphatic rings. The van der Waals surface area contributed by atoms with E-state index in [9.17, 15) is 9.18 Å². The van der Waals surface area contributed by atoms with E-state index in [2.05, 4.69) is 4.98 Å². The van der Waals surface area contributed by atoms with Crippen LogP contribution in [0.25, 0.3) is 0 Å². The molecule has 4 rings (SSSR count). The minimum atomic E-state index is -0.208. The largest absolute Gasteiger partial charge is 0.466 e. The van der Waals surface area contributed by atoms with Crippen molar-refractivity contribution in [1.82, 2.24) is 9.88 Å². The van der Waals surface area contributed by atoms with E-state index < -0.39 is 0 Å². The Balaban J connectivity index is 1.35. The molecule has 1 aromatic carbocycles. The lowest BCUT2D eigenvalue weighted by Gasteiger charge is -2.39. The quantitative estimate of drug-likeness (QED) is 0.823. The van der Waals surface area contributed by atoms with Crippen molar-refractivity contribution in [2.24, 2.45) is 5.92 Å². The third-order valence-electron chi connectivity index (χ3n) is 5.73. The van der Waals surface area contributed by atoms with Crippen LogP contribution < -0.4 is 10.5 Å². The number of benzene rings is 1. The van der Waals surface area contributed by atoms with Crippen molar-refractivity contribution >= 4 is 23.2 Å². The molecule has 1 aromatic heterocycles. The second kappa shape index (κ2) is 7.95. The molecular weight excluding hydrogens is 381 g/mol. The molecule has 148 valence electrons. The van der Waals surface area contributed by atoms with Crippen LogP contribution in [0.15, 0.2) is 36.5 Å². The summed E-state index contributed by atoms with van der Waals surface area (Å²) in [5, 5.41) is 0.428. The van der Waals surface area contributed by atoms with Crippen LogP contribution in [0.4, 0.5) is 10.1 Å². The predicted molar refractivity (Wildman–Crippen MR) is 106 cm³/mol. The van der Waals surface area contributed by atoms with E-state index in [1.165, 1.54) is 18.3 Å². The molecule has 2 N–H and O–H groups in total. The van der Waals surface area contributed by atoms with Crippen molar-refractivity contribution in [2.75, 3.05) is 12.3 Å². The second-order valence-corrected chi connectivity index (χ2v) is 8.13. The molecule has 5 nitrogen and oxygen atoms in total. The van der Waals surface area contributed by atoms with Gasteiger partial charge in [-0.1, -0.05) is 23.7 Å². The highest BCUT2D eigenvalue weighted by atomic mass is 35.5. The molecule has 7 heteroatoms. The number of nitrogens with zero attached hydrogens (tertiary/aromatic N) is 2. The molecule has 0 spiro atoms. The van der Waals surface area contributed by atoms with Gasteiger partial charge in [-0.25, -0.2) is 9.37 Å². The van der Waals surface area contributed by atoms with Gasteiger partial charge in [0.2, 0.25) is 5.88 Å². The normalized spacial score (nSPS) is 23.6. The fourth-order valence-corrected chi connectivity index (χ4v) is 4.75. The van der Waals surface area contributed by atoms with Crippen LogP contribution in [0.3, 0.4) is 0 Å². The van der Waals surface area contributed by atoms with Crippen molar-refractivity contribution in [2.45, 2.75) is 44.2 Å². The molecule has 0 radical (unpaired) electrons. The molecule has 3 heterocycles. The standard InChI is InChI=1S/C21H23ClFN3O2/c22-15-10-19(24)21(25-11-15)28-12-20(27)26-17-5-6-18(26)9-14(8-17)7-13-1-3-16(23)4-2-13/h1-4,10-11,14,17-18H,5-9,12,24H2. The molecule has 2 bridgehead atoms. The Morgan fingerprint density at radius 2 is 1.93 bits per heavy atom. The summed E-state index contributed by atoms with van der Waals surface area (Å²) >= 11 is 5.84. The van der Waals surface area contributed by atoms with Crippen LogP contribution in [0.5, 0.6) is 5.88 Å². The molecule has 2 fully saturated rings. The van der Waals surface area contributed by atoms with Crippen LogP contribution in [0.2, 0.25) is 5.02 Å². The highest BCUT2D eigenvalue weighted by Gasteiger charge is 2.43. The summed E-state index contributed by atoms with van der Waals surface area (Å²) in [4.78, 5) is 18.8. The van der Waals surface area contributed by atoms with E-state index in [-0.39, 0.29) is 36.3 Å². The summed E-state index contributed by atoms with van der Waals surface area (Å²) in [6, 6.07) is 8.77. The molecule has 2 atom stereocenters. The van der Waals surface area contributed by atoms with Crippen molar-refractivity contribution in [3.63, 3.8) is 0 Å². The first-order chi connectivity index (χ1) is 13.5. The first kappa shape index (κ1) is 19.0. The number of aromatic nitrogens is 1. The number of fused-ring (bicyclic) bond motifs is 2. The van der Waals surface area contributed by atoms with E-state index in [0.29, 0.717) is 16.6 Å². The highest BCUT2D eigenvalue weighted by molar-refractivity contribution is 6.30. The zero-order chi connectivity index (χ0) is 19.7. The van der Waals surface area contributed by atoms with E-state index in [0.717, 1.165) is 37.7 Å². The second-order valence-electron chi connectivity index (χ2n) is 7.69. The van der Waals surface area contributed by atoms with E-state index in [1.807, 2.05) is 17.0 Å². The van der Waals surface area contributed by atoms with E-state index in [1.54, 1.807) is 6.07 Å². The first-order valence-electron chi connectivity index (χ1n) is 9.59. The van der Waals surface area contributed by atoms with Crippen molar-refractivity contribution < 1.29 is 13.9 Å². The van der Waals surface area contributed by atoms with Crippen LogP contribution in [-0.2, 0) is 11.2 Å². The summed E-state index contributed by atoms with van der Waals surface area (Å²) < 4.78 is 18.6. The number of pyridine rings is 1. The topological polar surface area (TPSA) is 68.5 Å². The number of hydrogen-bond donors (Lipinski definition) is 1. The number of nitrogen functional groups attached to an aromatic ring is 1. The fourth-order valence-electron chi connectivity index (χ4n) is 4.59. The molecular formula is C21H23ClFN3O2. The summed E-state index contributed by atoms with van der Waals surface area (Å²) in [6.07, 6.45) is 6.37. The Hall–Kier alpha value is -2.34. The lowest BCUT2D eigenvalue weighted by molar-refractivity contribution is -0.138. The van der Waals surface area contributed by atoms with Crippen molar-refractivity contribution in [1.29, 1.82) is 0 Å². The number of rotatable bonds is 5. The Morgan fingerprint density at radius 1 is 1.25 bits per heavy atom. The maximum atomic E-state index is 13.1. The fraction of sp³-hybridized carbons (Fsp3) is 0.429. The number of ether oxygens (including phenoxy) is 1. The molecule has 0 aliphatic carbocycles. The third-order valence-corrected chi connectivity index (χ3v) is 5.94. The minimum absolute atomic E-state index is 0.0242. The Labute approximate surface area is 168 Å². The van der Waals surface area contributed by atoms with Crippen LogP contribution >= 0.6 is 11.6 Å². The summed E-state index contributed by atoms with van der Waals surface area (Å²) in [6.45, 7) is -0.0749. The number of carbonyl (C=O) groups is 1. The van der Waals surface area contributed by atoms with Gasteiger partial charge in [0.25, 0.3) is 5.91 Å². The summed E-state index contributed by atoms with van der Waals surface area (Å²) in [7, 11) is 0. The van der Waals surface area contributed by atoms with Gasteiger partial charge in [-0.3, -0.25) is 4.79 Å². The number of piperidine rings is 1. The first-order valence-corrected chi connectivity index (χ1v) is 9.97. The van der Waals surface area contributed by atoms with E-state index >= 15 is 0 Å². The Kier molecular flexibility index (Phi) is 5.40. The molecule has 0 saturated carbocycles. The van der Waals surface area contributed by atoms with Crippen molar-refractivity contribution in [3.8, 4) is 5.88 Å². The Morgan fingerprint density at radius 3 is 2.57 bits per heavy atom.